The second kappa shape index (κ2) is 9.26. The van der Waals surface area contributed by atoms with Gasteiger partial charge in [0.15, 0.2) is 5.78 Å². The highest BCUT2D eigenvalue weighted by Gasteiger charge is 2.26. The fraction of sp³-hybridized carbons (Fsp3) is 0.882. The van der Waals surface area contributed by atoms with Crippen LogP contribution >= 0.6 is 0 Å². The lowest BCUT2D eigenvalue weighted by Gasteiger charge is -2.35. The predicted octanol–water partition coefficient (Wildman–Crippen LogP) is 1.73. The zero-order valence-electron chi connectivity index (χ0n) is 14.5. The fourth-order valence-corrected chi connectivity index (χ4v) is 3.27. The van der Waals surface area contributed by atoms with Crippen LogP contribution in [0.4, 0.5) is 0 Å². The van der Waals surface area contributed by atoms with Gasteiger partial charge in [0.2, 0.25) is 5.91 Å². The predicted molar refractivity (Wildman–Crippen MR) is 87.6 cm³/mol. The van der Waals surface area contributed by atoms with Gasteiger partial charge in [-0.05, 0) is 32.6 Å². The van der Waals surface area contributed by atoms with E-state index in [1.165, 1.54) is 26.2 Å². The molecule has 5 nitrogen and oxygen atoms in total. The van der Waals surface area contributed by atoms with Crippen molar-refractivity contribution < 1.29 is 14.7 Å². The van der Waals surface area contributed by atoms with Crippen LogP contribution in [0.2, 0.25) is 0 Å². The van der Waals surface area contributed by atoms with Gasteiger partial charge in [-0.25, -0.2) is 0 Å². The number of Topliss-reactive ketones (excluding diaryl/α,β-unsaturated/α-hetero) is 1. The van der Waals surface area contributed by atoms with Crippen LogP contribution < -0.4 is 5.32 Å². The van der Waals surface area contributed by atoms with Crippen molar-refractivity contribution in [3.63, 3.8) is 0 Å². The summed E-state index contributed by atoms with van der Waals surface area (Å²) in [6.07, 6.45) is 5.34. The van der Waals surface area contributed by atoms with E-state index in [0.29, 0.717) is 12.6 Å². The lowest BCUT2D eigenvalue weighted by molar-refractivity contribution is -0.129. The van der Waals surface area contributed by atoms with Crippen molar-refractivity contribution >= 4 is 11.7 Å². The van der Waals surface area contributed by atoms with Crippen LogP contribution in [0.25, 0.3) is 0 Å². The third-order valence-electron chi connectivity index (χ3n) is 4.36. The van der Waals surface area contributed by atoms with Crippen LogP contribution in [0.5, 0.6) is 0 Å². The summed E-state index contributed by atoms with van der Waals surface area (Å²) in [6.45, 7) is 7.89. The van der Waals surface area contributed by atoms with E-state index >= 15 is 0 Å². The van der Waals surface area contributed by atoms with Gasteiger partial charge in [-0.1, -0.05) is 33.1 Å². The van der Waals surface area contributed by atoms with Crippen molar-refractivity contribution in [1.82, 2.24) is 10.2 Å². The summed E-state index contributed by atoms with van der Waals surface area (Å²) in [5.74, 6) is -0.0513. The number of ketones is 1. The van der Waals surface area contributed by atoms with Crippen molar-refractivity contribution in [2.24, 2.45) is 5.92 Å². The van der Waals surface area contributed by atoms with Crippen LogP contribution in [0.15, 0.2) is 0 Å². The largest absolute Gasteiger partial charge is 0.392 e. The molecule has 0 spiro atoms. The van der Waals surface area contributed by atoms with Gasteiger partial charge in [0, 0.05) is 12.6 Å². The molecular weight excluding hydrogens is 280 g/mol. The molecule has 5 heteroatoms. The monoisotopic (exact) mass is 312 g/mol. The van der Waals surface area contributed by atoms with Gasteiger partial charge in [0.05, 0.1) is 18.7 Å². The summed E-state index contributed by atoms with van der Waals surface area (Å²) in [6, 6.07) is -0.0591. The quantitative estimate of drug-likeness (QED) is 0.716. The average molecular weight is 312 g/mol. The summed E-state index contributed by atoms with van der Waals surface area (Å²) >= 11 is 0. The number of aliphatic hydroxyl groups is 1. The minimum absolute atomic E-state index is 0.0110. The van der Waals surface area contributed by atoms with E-state index < -0.39 is 12.1 Å². The molecule has 2 N–H and O–H groups in total. The average Bonchev–Trinajstić information content (AvgIpc) is 2.44. The summed E-state index contributed by atoms with van der Waals surface area (Å²) in [7, 11) is 0. The number of carbonyl (C=O) groups is 2. The maximum atomic E-state index is 12.3. The molecule has 2 unspecified atom stereocenters. The molecule has 0 aliphatic heterocycles. The normalized spacial score (nSPS) is 19.2. The molecule has 1 amide bonds. The molecule has 1 fully saturated rings. The zero-order valence-corrected chi connectivity index (χ0v) is 14.5. The Morgan fingerprint density at radius 2 is 1.77 bits per heavy atom. The molecule has 0 bridgehead atoms. The molecule has 128 valence electrons. The molecule has 22 heavy (non-hydrogen) atoms. The van der Waals surface area contributed by atoms with E-state index in [9.17, 15) is 14.7 Å². The Bertz CT molecular complexity index is 363. The first kappa shape index (κ1) is 19.1. The number of nitrogens with one attached hydrogen (secondary N) is 1. The molecular formula is C17H32N2O3. The van der Waals surface area contributed by atoms with E-state index in [-0.39, 0.29) is 24.2 Å². The zero-order chi connectivity index (χ0) is 16.7. The maximum absolute atomic E-state index is 12.3. The van der Waals surface area contributed by atoms with Crippen LogP contribution in [0, 0.1) is 5.92 Å². The van der Waals surface area contributed by atoms with E-state index in [1.807, 2.05) is 13.8 Å². The number of amides is 1. The van der Waals surface area contributed by atoms with Crippen molar-refractivity contribution in [1.29, 1.82) is 0 Å². The lowest BCUT2D eigenvalue weighted by atomic mass is 9.94. The second-order valence-electron chi connectivity index (χ2n) is 6.97. The topological polar surface area (TPSA) is 69.6 Å². The van der Waals surface area contributed by atoms with Crippen LogP contribution in [-0.4, -0.2) is 53.0 Å². The third-order valence-corrected chi connectivity index (χ3v) is 4.36. The van der Waals surface area contributed by atoms with Crippen molar-refractivity contribution in [2.45, 2.75) is 78.0 Å². The van der Waals surface area contributed by atoms with E-state index in [4.69, 9.17) is 0 Å². The van der Waals surface area contributed by atoms with Crippen molar-refractivity contribution in [3.8, 4) is 0 Å². The number of hydrogen-bond donors (Lipinski definition) is 2. The maximum Gasteiger partial charge on any atom is 0.234 e. The molecule has 1 aliphatic carbocycles. The highest BCUT2D eigenvalue weighted by Crippen LogP contribution is 2.22. The van der Waals surface area contributed by atoms with E-state index in [1.54, 1.807) is 6.92 Å². The molecule has 2 atom stereocenters. The number of rotatable bonds is 8. The molecule has 0 heterocycles. The van der Waals surface area contributed by atoms with Crippen molar-refractivity contribution in [2.75, 3.05) is 13.1 Å². The van der Waals surface area contributed by atoms with Crippen LogP contribution in [-0.2, 0) is 9.59 Å². The molecule has 0 radical (unpaired) electrons. The van der Waals surface area contributed by atoms with E-state index in [2.05, 4.69) is 10.2 Å². The SMILES string of the molecule is CC(=O)C(NC(=O)CN(CC(C)O)C1CCCCC1)C(C)C. The Labute approximate surface area is 134 Å². The lowest BCUT2D eigenvalue weighted by Crippen LogP contribution is -2.50. The summed E-state index contributed by atoms with van der Waals surface area (Å²) < 4.78 is 0. The summed E-state index contributed by atoms with van der Waals surface area (Å²) in [4.78, 5) is 26.0. The third kappa shape index (κ3) is 6.44. The number of aliphatic hydroxyl groups excluding tert-OH is 1. The van der Waals surface area contributed by atoms with Crippen LogP contribution in [0.1, 0.15) is 59.8 Å². The van der Waals surface area contributed by atoms with Gasteiger partial charge >= 0.3 is 0 Å². The van der Waals surface area contributed by atoms with Gasteiger partial charge in [-0.3, -0.25) is 14.5 Å². The van der Waals surface area contributed by atoms with Crippen LogP contribution in [0.3, 0.4) is 0 Å². The Hall–Kier alpha value is -0.940. The van der Waals surface area contributed by atoms with Gasteiger partial charge in [-0.2, -0.15) is 0 Å². The summed E-state index contributed by atoms with van der Waals surface area (Å²) in [5.41, 5.74) is 0. The minimum Gasteiger partial charge on any atom is -0.392 e. The Morgan fingerprint density at radius 3 is 2.23 bits per heavy atom. The number of carbonyl (C=O) groups excluding carboxylic acids is 2. The Morgan fingerprint density at radius 1 is 1.18 bits per heavy atom. The number of nitrogens with zero attached hydrogens (tertiary/aromatic N) is 1. The molecule has 1 aliphatic rings. The standard InChI is InChI=1S/C17H32N2O3/c1-12(2)17(14(4)21)18-16(22)11-19(10-13(3)20)15-8-6-5-7-9-15/h12-13,15,17,20H,5-11H2,1-4H3,(H,18,22). The highest BCUT2D eigenvalue weighted by molar-refractivity contribution is 5.88. The Kier molecular flexibility index (Phi) is 8.04. The number of hydrogen-bond acceptors (Lipinski definition) is 4. The summed E-state index contributed by atoms with van der Waals surface area (Å²) in [5, 5.41) is 12.5. The first-order valence-corrected chi connectivity index (χ1v) is 8.53. The highest BCUT2D eigenvalue weighted by atomic mass is 16.3. The molecule has 0 saturated heterocycles. The van der Waals surface area contributed by atoms with Crippen molar-refractivity contribution in [3.05, 3.63) is 0 Å². The van der Waals surface area contributed by atoms with E-state index in [0.717, 1.165) is 12.8 Å². The van der Waals surface area contributed by atoms with Gasteiger partial charge in [-0.15, -0.1) is 0 Å². The first-order chi connectivity index (χ1) is 10.3. The van der Waals surface area contributed by atoms with Gasteiger partial charge in [0.25, 0.3) is 0 Å². The Balaban J connectivity index is 2.63. The fourth-order valence-electron chi connectivity index (χ4n) is 3.27. The molecule has 1 rings (SSSR count). The van der Waals surface area contributed by atoms with Gasteiger partial charge in [0.1, 0.15) is 0 Å². The first-order valence-electron chi connectivity index (χ1n) is 8.53. The smallest absolute Gasteiger partial charge is 0.234 e. The van der Waals surface area contributed by atoms with Gasteiger partial charge < -0.3 is 10.4 Å². The second-order valence-corrected chi connectivity index (χ2v) is 6.97. The minimum atomic E-state index is -0.455. The molecule has 1 saturated carbocycles. The molecule has 0 aromatic rings. The molecule has 0 aromatic carbocycles. The molecule has 0 aromatic heterocycles.